The molecule has 1 N–H and O–H groups in total. The van der Waals surface area contributed by atoms with Gasteiger partial charge in [0.2, 0.25) is 0 Å². The molecule has 2 unspecified atom stereocenters. The molecule has 0 saturated heterocycles. The van der Waals surface area contributed by atoms with E-state index in [1.54, 1.807) is 0 Å². The zero-order valence-corrected chi connectivity index (χ0v) is 11.5. The topological polar surface area (TPSA) is 12.0 Å². The molecule has 2 atom stereocenters. The highest BCUT2D eigenvalue weighted by Gasteiger charge is 2.25. The number of aryl methyl sites for hydroxylation is 1. The molecule has 1 aromatic carbocycles. The summed E-state index contributed by atoms with van der Waals surface area (Å²) in [5.74, 6) is 0.879. The van der Waals surface area contributed by atoms with E-state index in [2.05, 4.69) is 52.6 Å². The molecule has 0 amide bonds. The number of benzene rings is 1. The molecule has 1 aromatic rings. The van der Waals surface area contributed by atoms with Gasteiger partial charge in [-0.05, 0) is 56.3 Å². The van der Waals surface area contributed by atoms with E-state index in [4.69, 9.17) is 0 Å². The molecule has 1 saturated carbocycles. The van der Waals surface area contributed by atoms with Crippen LogP contribution >= 0.6 is 15.9 Å². The van der Waals surface area contributed by atoms with Crippen LogP contribution in [-0.4, -0.2) is 13.1 Å². The van der Waals surface area contributed by atoms with Crippen molar-refractivity contribution < 1.29 is 0 Å². The maximum Gasteiger partial charge on any atom is 0.0177 e. The highest BCUT2D eigenvalue weighted by Crippen LogP contribution is 2.29. The van der Waals surface area contributed by atoms with Crippen molar-refractivity contribution in [3.05, 3.63) is 34.3 Å². The predicted octanol–water partition coefficient (Wildman–Crippen LogP) is 3.77. The first-order chi connectivity index (χ1) is 7.79. The second-order valence-electron chi connectivity index (χ2n) is 4.75. The lowest BCUT2D eigenvalue weighted by molar-refractivity contribution is 0.400. The first kappa shape index (κ1) is 12.1. The molecule has 16 heavy (non-hydrogen) atoms. The third-order valence-corrected chi connectivity index (χ3v) is 4.22. The van der Waals surface area contributed by atoms with E-state index in [9.17, 15) is 0 Å². The smallest absolute Gasteiger partial charge is 0.0177 e. The maximum atomic E-state index is 3.53. The molecule has 0 bridgehead atoms. The Morgan fingerprint density at radius 2 is 2.25 bits per heavy atom. The van der Waals surface area contributed by atoms with Crippen molar-refractivity contribution in [1.29, 1.82) is 0 Å². The molecule has 0 aromatic heterocycles. The van der Waals surface area contributed by atoms with Gasteiger partial charge in [-0.15, -0.1) is 0 Å². The highest BCUT2D eigenvalue weighted by atomic mass is 79.9. The summed E-state index contributed by atoms with van der Waals surface area (Å²) in [6.45, 7) is 0. The van der Waals surface area contributed by atoms with Gasteiger partial charge in [-0.2, -0.15) is 0 Å². The summed E-state index contributed by atoms with van der Waals surface area (Å²) >= 11 is 3.53. The lowest BCUT2D eigenvalue weighted by atomic mass is 9.95. The summed E-state index contributed by atoms with van der Waals surface area (Å²) in [6, 6.07) is 9.45. The molecule has 88 valence electrons. The lowest BCUT2D eigenvalue weighted by Crippen LogP contribution is -2.29. The van der Waals surface area contributed by atoms with Gasteiger partial charge in [-0.1, -0.05) is 34.5 Å². The summed E-state index contributed by atoms with van der Waals surface area (Å²) < 4.78 is 1.20. The molecule has 0 radical (unpaired) electrons. The number of hydrogen-bond acceptors (Lipinski definition) is 1. The molecule has 1 aliphatic carbocycles. The fourth-order valence-electron chi connectivity index (χ4n) is 2.81. The number of nitrogens with one attached hydrogen (secondary N) is 1. The Balaban J connectivity index is 1.87. The van der Waals surface area contributed by atoms with Gasteiger partial charge in [0.1, 0.15) is 0 Å². The van der Waals surface area contributed by atoms with Crippen molar-refractivity contribution in [2.75, 3.05) is 7.05 Å². The van der Waals surface area contributed by atoms with Gasteiger partial charge in [0.15, 0.2) is 0 Å². The van der Waals surface area contributed by atoms with E-state index in [0.717, 1.165) is 12.0 Å². The van der Waals surface area contributed by atoms with Gasteiger partial charge in [-0.3, -0.25) is 0 Å². The summed E-state index contributed by atoms with van der Waals surface area (Å²) in [6.07, 6.45) is 6.69. The van der Waals surface area contributed by atoms with Crippen molar-refractivity contribution in [3.63, 3.8) is 0 Å². The average Bonchev–Trinajstić information content (AvgIpc) is 2.74. The first-order valence-corrected chi connectivity index (χ1v) is 7.00. The maximum absolute atomic E-state index is 3.53. The molecule has 0 aliphatic heterocycles. The third kappa shape index (κ3) is 3.08. The average molecular weight is 282 g/mol. The molecule has 0 heterocycles. The fraction of sp³-hybridized carbons (Fsp3) is 0.571. The third-order valence-electron chi connectivity index (χ3n) is 3.72. The molecule has 2 rings (SSSR count). The van der Waals surface area contributed by atoms with E-state index in [1.165, 1.54) is 42.1 Å². The summed E-state index contributed by atoms with van der Waals surface area (Å²) in [5.41, 5.74) is 1.45. The van der Waals surface area contributed by atoms with Crippen LogP contribution in [0.25, 0.3) is 0 Å². The van der Waals surface area contributed by atoms with Crippen molar-refractivity contribution in [1.82, 2.24) is 5.32 Å². The Hall–Kier alpha value is -0.340. The van der Waals surface area contributed by atoms with Crippen molar-refractivity contribution in [2.24, 2.45) is 5.92 Å². The molecule has 1 aliphatic rings. The van der Waals surface area contributed by atoms with Crippen LogP contribution in [0.2, 0.25) is 0 Å². The van der Waals surface area contributed by atoms with Crippen LogP contribution in [-0.2, 0) is 6.42 Å². The predicted molar refractivity (Wildman–Crippen MR) is 72.7 cm³/mol. The Labute approximate surface area is 107 Å². The summed E-state index contributed by atoms with van der Waals surface area (Å²) in [7, 11) is 2.10. The van der Waals surface area contributed by atoms with Crippen LogP contribution in [0.4, 0.5) is 0 Å². The van der Waals surface area contributed by atoms with Gasteiger partial charge in [0, 0.05) is 10.5 Å². The zero-order chi connectivity index (χ0) is 11.4. The highest BCUT2D eigenvalue weighted by molar-refractivity contribution is 9.10. The molecule has 2 heteroatoms. The quantitative estimate of drug-likeness (QED) is 0.886. The largest absolute Gasteiger partial charge is 0.317 e. The van der Waals surface area contributed by atoms with Crippen molar-refractivity contribution >= 4 is 15.9 Å². The Kier molecular flexibility index (Phi) is 4.42. The Bertz CT molecular complexity index is 337. The fourth-order valence-corrected chi connectivity index (χ4v) is 3.25. The van der Waals surface area contributed by atoms with Crippen LogP contribution < -0.4 is 5.32 Å². The van der Waals surface area contributed by atoms with Gasteiger partial charge in [0.25, 0.3) is 0 Å². The number of halogens is 1. The van der Waals surface area contributed by atoms with Gasteiger partial charge in [-0.25, -0.2) is 0 Å². The minimum Gasteiger partial charge on any atom is -0.317 e. The number of hydrogen-bond donors (Lipinski definition) is 1. The first-order valence-electron chi connectivity index (χ1n) is 6.21. The van der Waals surface area contributed by atoms with Gasteiger partial charge >= 0.3 is 0 Å². The second kappa shape index (κ2) is 5.83. The molecule has 1 nitrogen and oxygen atoms in total. The minimum absolute atomic E-state index is 0.757. The zero-order valence-electron chi connectivity index (χ0n) is 9.88. The van der Waals surface area contributed by atoms with Crippen LogP contribution in [0.5, 0.6) is 0 Å². The van der Waals surface area contributed by atoms with E-state index in [0.29, 0.717) is 0 Å². The Morgan fingerprint density at radius 1 is 1.38 bits per heavy atom. The standard InChI is InChI=1S/C14H20BrN/c1-16-14-7-3-5-12(14)9-8-11-4-2-6-13(15)10-11/h2,4,6,10,12,14,16H,3,5,7-9H2,1H3. The Morgan fingerprint density at radius 3 is 3.00 bits per heavy atom. The molecule has 0 spiro atoms. The van der Waals surface area contributed by atoms with E-state index < -0.39 is 0 Å². The van der Waals surface area contributed by atoms with Crippen LogP contribution in [0, 0.1) is 5.92 Å². The van der Waals surface area contributed by atoms with E-state index in [-0.39, 0.29) is 0 Å². The normalized spacial score (nSPS) is 24.9. The van der Waals surface area contributed by atoms with Crippen molar-refractivity contribution in [2.45, 2.75) is 38.1 Å². The van der Waals surface area contributed by atoms with Gasteiger partial charge in [0.05, 0.1) is 0 Å². The monoisotopic (exact) mass is 281 g/mol. The summed E-state index contributed by atoms with van der Waals surface area (Å²) in [4.78, 5) is 0. The van der Waals surface area contributed by atoms with Crippen LogP contribution in [0.3, 0.4) is 0 Å². The van der Waals surface area contributed by atoms with Crippen LogP contribution in [0.15, 0.2) is 28.7 Å². The minimum atomic E-state index is 0.757. The number of rotatable bonds is 4. The second-order valence-corrected chi connectivity index (χ2v) is 5.67. The van der Waals surface area contributed by atoms with Crippen molar-refractivity contribution in [3.8, 4) is 0 Å². The molecule has 1 fully saturated rings. The summed E-state index contributed by atoms with van der Waals surface area (Å²) in [5, 5.41) is 3.45. The van der Waals surface area contributed by atoms with Crippen LogP contribution in [0.1, 0.15) is 31.2 Å². The molecular weight excluding hydrogens is 262 g/mol. The van der Waals surface area contributed by atoms with E-state index in [1.807, 2.05) is 0 Å². The SMILES string of the molecule is CNC1CCCC1CCc1cccc(Br)c1. The van der Waals surface area contributed by atoms with E-state index >= 15 is 0 Å². The van der Waals surface area contributed by atoms with Gasteiger partial charge < -0.3 is 5.32 Å². The lowest BCUT2D eigenvalue weighted by Gasteiger charge is -2.18. The molecular formula is C14H20BrN.